The number of fused-ring (bicyclic) bond motifs is 2. The van der Waals surface area contributed by atoms with Crippen molar-refractivity contribution in [1.82, 2.24) is 4.98 Å². The maximum Gasteiger partial charge on any atom is 0.337 e. The van der Waals surface area contributed by atoms with Gasteiger partial charge in [-0.3, -0.25) is 9.59 Å². The van der Waals surface area contributed by atoms with Gasteiger partial charge in [-0.15, -0.1) is 0 Å². The highest BCUT2D eigenvalue weighted by Gasteiger charge is 2.18. The highest BCUT2D eigenvalue weighted by Crippen LogP contribution is 2.23. The number of H-pyrrole nitrogens is 1. The Labute approximate surface area is 168 Å². The summed E-state index contributed by atoms with van der Waals surface area (Å²) in [6.07, 6.45) is 0. The molecule has 0 fully saturated rings. The molecule has 0 spiro atoms. The van der Waals surface area contributed by atoms with Crippen LogP contribution in [0.2, 0.25) is 0 Å². The van der Waals surface area contributed by atoms with Crippen LogP contribution in [0, 0.1) is 11.6 Å². The van der Waals surface area contributed by atoms with Crippen molar-refractivity contribution in [3.05, 3.63) is 87.6 Å². The monoisotopic (exact) mass is 408 g/mol. The van der Waals surface area contributed by atoms with E-state index in [-0.39, 0.29) is 38.6 Å². The molecule has 0 unspecified atom stereocenters. The number of ether oxygens (including phenoxy) is 1. The number of hydrogen-bond acceptors (Lipinski definition) is 4. The predicted molar refractivity (Wildman–Crippen MR) is 108 cm³/mol. The number of pyridine rings is 1. The van der Waals surface area contributed by atoms with E-state index in [0.717, 1.165) is 12.1 Å². The van der Waals surface area contributed by atoms with Gasteiger partial charge in [0.15, 0.2) is 5.43 Å². The molecule has 8 heteroatoms. The Morgan fingerprint density at radius 1 is 0.967 bits per heavy atom. The van der Waals surface area contributed by atoms with Crippen molar-refractivity contribution in [1.29, 1.82) is 0 Å². The molecular formula is C22H14F2N2O4. The molecule has 0 saturated heterocycles. The van der Waals surface area contributed by atoms with Gasteiger partial charge in [0.25, 0.3) is 5.91 Å². The lowest BCUT2D eigenvalue weighted by atomic mass is 10.0. The van der Waals surface area contributed by atoms with E-state index >= 15 is 0 Å². The summed E-state index contributed by atoms with van der Waals surface area (Å²) >= 11 is 0. The van der Waals surface area contributed by atoms with Crippen molar-refractivity contribution >= 4 is 39.4 Å². The molecule has 4 aromatic rings. The van der Waals surface area contributed by atoms with Gasteiger partial charge in [0.2, 0.25) is 0 Å². The summed E-state index contributed by atoms with van der Waals surface area (Å²) in [5.41, 5.74) is -0.394. The normalized spacial score (nSPS) is 10.9. The quantitative estimate of drug-likeness (QED) is 0.396. The average Bonchev–Trinajstić information content (AvgIpc) is 2.74. The van der Waals surface area contributed by atoms with Gasteiger partial charge < -0.3 is 15.0 Å². The lowest BCUT2D eigenvalue weighted by Crippen LogP contribution is -2.16. The zero-order chi connectivity index (χ0) is 21.4. The number of benzene rings is 3. The number of carbonyl (C=O) groups is 2. The van der Waals surface area contributed by atoms with Crippen molar-refractivity contribution in [2.45, 2.75) is 0 Å². The first-order chi connectivity index (χ1) is 14.4. The van der Waals surface area contributed by atoms with Gasteiger partial charge >= 0.3 is 5.97 Å². The Hall–Kier alpha value is -4.07. The van der Waals surface area contributed by atoms with Crippen molar-refractivity contribution in [2.75, 3.05) is 12.4 Å². The molecule has 0 aliphatic heterocycles. The highest BCUT2D eigenvalue weighted by atomic mass is 19.1. The standard InChI is InChI=1S/C22H14F2N2O4/c1-30-22(29)11-4-2-5-13(8-11)25-21(28)16-10-12(23)9-15-18(16)26-19-14(20(15)27)6-3-7-17(19)24/h2-10H,1H3,(H,25,28)(H,26,27). The van der Waals surface area contributed by atoms with E-state index in [0.29, 0.717) is 0 Å². The zero-order valence-corrected chi connectivity index (χ0v) is 15.6. The second kappa shape index (κ2) is 7.40. The first-order valence-electron chi connectivity index (χ1n) is 8.82. The van der Waals surface area contributed by atoms with Gasteiger partial charge in [-0.25, -0.2) is 13.6 Å². The molecule has 4 rings (SSSR count). The number of para-hydroxylation sites is 1. The van der Waals surface area contributed by atoms with Crippen molar-refractivity contribution < 1.29 is 23.1 Å². The molecule has 1 aromatic heterocycles. The molecular weight excluding hydrogens is 394 g/mol. The van der Waals surface area contributed by atoms with Crippen LogP contribution in [-0.4, -0.2) is 24.0 Å². The van der Waals surface area contributed by atoms with Crippen LogP contribution in [0.4, 0.5) is 14.5 Å². The topological polar surface area (TPSA) is 88.3 Å². The van der Waals surface area contributed by atoms with Crippen LogP contribution in [0.25, 0.3) is 21.8 Å². The van der Waals surface area contributed by atoms with Crippen LogP contribution < -0.4 is 10.7 Å². The maximum absolute atomic E-state index is 14.2. The lowest BCUT2D eigenvalue weighted by Gasteiger charge is -2.11. The second-order valence-corrected chi connectivity index (χ2v) is 6.52. The molecule has 3 aromatic carbocycles. The summed E-state index contributed by atoms with van der Waals surface area (Å²) in [6, 6.07) is 11.9. The molecule has 1 heterocycles. The van der Waals surface area contributed by atoms with Gasteiger partial charge in [0.05, 0.1) is 29.3 Å². The van der Waals surface area contributed by atoms with Gasteiger partial charge in [-0.2, -0.15) is 0 Å². The van der Waals surface area contributed by atoms with E-state index in [1.807, 2.05) is 0 Å². The Bertz CT molecular complexity index is 1400. The summed E-state index contributed by atoms with van der Waals surface area (Å²) in [5.74, 6) is -2.80. The Balaban J connectivity index is 1.85. The number of nitrogens with one attached hydrogen (secondary N) is 2. The molecule has 150 valence electrons. The largest absolute Gasteiger partial charge is 0.465 e. The SMILES string of the molecule is COC(=O)c1cccc(NC(=O)c2cc(F)cc3c(=O)c4cccc(F)c4[nH]c23)c1. The van der Waals surface area contributed by atoms with Gasteiger partial charge in [0.1, 0.15) is 11.6 Å². The molecule has 30 heavy (non-hydrogen) atoms. The summed E-state index contributed by atoms with van der Waals surface area (Å²) in [5, 5.41) is 2.51. The van der Waals surface area contributed by atoms with Crippen molar-refractivity contribution in [3.8, 4) is 0 Å². The Kier molecular flexibility index (Phi) is 4.75. The Morgan fingerprint density at radius 3 is 2.50 bits per heavy atom. The van der Waals surface area contributed by atoms with Gasteiger partial charge in [0, 0.05) is 16.5 Å². The summed E-state index contributed by atoms with van der Waals surface area (Å²) in [6.45, 7) is 0. The number of hydrogen-bond donors (Lipinski definition) is 2. The van der Waals surface area contributed by atoms with Crippen LogP contribution in [-0.2, 0) is 4.74 Å². The molecule has 0 aliphatic carbocycles. The van der Waals surface area contributed by atoms with E-state index in [9.17, 15) is 23.2 Å². The van der Waals surface area contributed by atoms with Crippen LogP contribution in [0.1, 0.15) is 20.7 Å². The van der Waals surface area contributed by atoms with Crippen LogP contribution in [0.5, 0.6) is 0 Å². The van der Waals surface area contributed by atoms with Crippen LogP contribution >= 0.6 is 0 Å². The van der Waals surface area contributed by atoms with E-state index < -0.39 is 28.9 Å². The third-order valence-corrected chi connectivity index (χ3v) is 4.64. The number of carbonyl (C=O) groups excluding carboxylic acids is 2. The number of esters is 1. The number of rotatable bonds is 3. The number of amides is 1. The minimum Gasteiger partial charge on any atom is -0.465 e. The van der Waals surface area contributed by atoms with Crippen LogP contribution in [0.3, 0.4) is 0 Å². The molecule has 0 bridgehead atoms. The summed E-state index contributed by atoms with van der Waals surface area (Å²) in [4.78, 5) is 40.0. The van der Waals surface area contributed by atoms with Crippen LogP contribution in [0.15, 0.2) is 59.4 Å². The molecule has 0 atom stereocenters. The lowest BCUT2D eigenvalue weighted by molar-refractivity contribution is 0.0600. The van der Waals surface area contributed by atoms with Gasteiger partial charge in [-0.05, 0) is 42.5 Å². The van der Waals surface area contributed by atoms with Crippen molar-refractivity contribution in [2.24, 2.45) is 0 Å². The molecule has 6 nitrogen and oxygen atoms in total. The maximum atomic E-state index is 14.2. The highest BCUT2D eigenvalue weighted by molar-refractivity contribution is 6.13. The molecule has 0 aliphatic rings. The van der Waals surface area contributed by atoms with Crippen molar-refractivity contribution in [3.63, 3.8) is 0 Å². The van der Waals surface area contributed by atoms with E-state index in [4.69, 9.17) is 0 Å². The third kappa shape index (κ3) is 3.28. The van der Waals surface area contributed by atoms with E-state index in [2.05, 4.69) is 15.0 Å². The summed E-state index contributed by atoms with van der Waals surface area (Å²) in [7, 11) is 1.23. The smallest absolute Gasteiger partial charge is 0.337 e. The third-order valence-electron chi connectivity index (χ3n) is 4.64. The average molecular weight is 408 g/mol. The minimum atomic E-state index is -0.794. The number of anilines is 1. The summed E-state index contributed by atoms with van der Waals surface area (Å²) < 4.78 is 33.1. The molecule has 1 amide bonds. The molecule has 0 saturated carbocycles. The van der Waals surface area contributed by atoms with Gasteiger partial charge in [-0.1, -0.05) is 12.1 Å². The number of halogens is 2. The Morgan fingerprint density at radius 2 is 1.73 bits per heavy atom. The number of aromatic nitrogens is 1. The first-order valence-corrected chi connectivity index (χ1v) is 8.82. The number of aromatic amines is 1. The number of methoxy groups -OCH3 is 1. The zero-order valence-electron chi connectivity index (χ0n) is 15.6. The fourth-order valence-electron chi connectivity index (χ4n) is 3.25. The minimum absolute atomic E-state index is 0.000576. The van der Waals surface area contributed by atoms with E-state index in [1.54, 1.807) is 0 Å². The fourth-order valence-corrected chi connectivity index (χ4v) is 3.25. The first kappa shape index (κ1) is 19.3. The van der Waals surface area contributed by atoms with E-state index in [1.165, 1.54) is 49.6 Å². The second-order valence-electron chi connectivity index (χ2n) is 6.52. The molecule has 0 radical (unpaired) electrons. The molecule has 2 N–H and O–H groups in total. The fraction of sp³-hybridized carbons (Fsp3) is 0.0455. The predicted octanol–water partition coefficient (Wildman–Crippen LogP) is 4.00.